The third kappa shape index (κ3) is 4.69. The van der Waals surface area contributed by atoms with Crippen LogP contribution >= 0.6 is 11.6 Å². The Morgan fingerprint density at radius 2 is 1.76 bits per heavy atom. The molecule has 0 fully saturated rings. The second-order valence-electron chi connectivity index (χ2n) is 4.75. The molecule has 17 heavy (non-hydrogen) atoms. The lowest BCUT2D eigenvalue weighted by Gasteiger charge is -2.29. The molecular weight excluding hydrogens is 230 g/mol. The van der Waals surface area contributed by atoms with Crippen LogP contribution in [0.1, 0.15) is 32.3 Å². The molecule has 0 aliphatic heterocycles. The highest BCUT2D eigenvalue weighted by Crippen LogP contribution is 2.26. The molecule has 1 aromatic rings. The molecule has 0 spiro atoms. The van der Waals surface area contributed by atoms with E-state index in [-0.39, 0.29) is 5.41 Å². The molecule has 1 N–H and O–H groups in total. The second kappa shape index (κ2) is 7.73. The highest BCUT2D eigenvalue weighted by molar-refractivity contribution is 6.18. The van der Waals surface area contributed by atoms with E-state index in [4.69, 9.17) is 11.6 Å². The van der Waals surface area contributed by atoms with Gasteiger partial charge in [0.15, 0.2) is 0 Å². The zero-order chi connectivity index (χ0) is 12.6. The second-order valence-corrected chi connectivity index (χ2v) is 5.02. The van der Waals surface area contributed by atoms with Crippen LogP contribution in [-0.4, -0.2) is 19.0 Å². The minimum atomic E-state index is 0.276. The first-order chi connectivity index (χ1) is 8.26. The van der Waals surface area contributed by atoms with E-state index in [1.807, 2.05) is 0 Å². The summed E-state index contributed by atoms with van der Waals surface area (Å²) in [5, 5.41) is 3.54. The maximum Gasteiger partial charge on any atom is 0.0291 e. The lowest BCUT2D eigenvalue weighted by Crippen LogP contribution is -2.35. The normalized spacial score (nSPS) is 11.7. The van der Waals surface area contributed by atoms with Crippen LogP contribution in [0.3, 0.4) is 0 Å². The van der Waals surface area contributed by atoms with Gasteiger partial charge in [0.05, 0.1) is 0 Å². The van der Waals surface area contributed by atoms with Gasteiger partial charge in [-0.3, -0.25) is 0 Å². The monoisotopic (exact) mass is 253 g/mol. The Morgan fingerprint density at radius 3 is 2.29 bits per heavy atom. The van der Waals surface area contributed by atoms with Gasteiger partial charge in [-0.15, -0.1) is 11.6 Å². The first-order valence-electron chi connectivity index (χ1n) is 6.57. The topological polar surface area (TPSA) is 12.0 Å². The zero-order valence-electron chi connectivity index (χ0n) is 11.0. The Morgan fingerprint density at radius 1 is 1.12 bits per heavy atom. The average Bonchev–Trinajstić information content (AvgIpc) is 2.41. The van der Waals surface area contributed by atoms with Crippen molar-refractivity contribution in [3.8, 4) is 0 Å². The number of rotatable bonds is 8. The molecule has 0 aliphatic carbocycles. The number of hydrogen-bond acceptors (Lipinski definition) is 1. The van der Waals surface area contributed by atoms with Crippen LogP contribution in [0.15, 0.2) is 30.3 Å². The molecular formula is C15H24ClN. The zero-order valence-corrected chi connectivity index (χ0v) is 11.8. The third-order valence-electron chi connectivity index (χ3n) is 3.72. The standard InChI is InChI=1S/C15H24ClN/c1-3-15(4-2,12-16)13-17-11-10-14-8-6-5-7-9-14/h5-9,17H,3-4,10-13H2,1-2H3. The van der Waals surface area contributed by atoms with E-state index in [1.54, 1.807) is 0 Å². The summed E-state index contributed by atoms with van der Waals surface area (Å²) in [6.45, 7) is 6.51. The number of alkyl halides is 1. The first-order valence-corrected chi connectivity index (χ1v) is 7.10. The highest BCUT2D eigenvalue weighted by atomic mass is 35.5. The van der Waals surface area contributed by atoms with Gasteiger partial charge in [-0.1, -0.05) is 44.2 Å². The molecule has 0 aromatic heterocycles. The summed E-state index contributed by atoms with van der Waals surface area (Å²) in [4.78, 5) is 0. The minimum absolute atomic E-state index is 0.276. The quantitative estimate of drug-likeness (QED) is 0.548. The van der Waals surface area contributed by atoms with Crippen molar-refractivity contribution in [1.82, 2.24) is 5.32 Å². The van der Waals surface area contributed by atoms with Crippen molar-refractivity contribution in [2.24, 2.45) is 5.41 Å². The van der Waals surface area contributed by atoms with Gasteiger partial charge in [0.1, 0.15) is 0 Å². The predicted molar refractivity (Wildman–Crippen MR) is 76.8 cm³/mol. The molecule has 1 nitrogen and oxygen atoms in total. The van der Waals surface area contributed by atoms with Crippen molar-refractivity contribution < 1.29 is 0 Å². The lowest BCUT2D eigenvalue weighted by atomic mass is 9.84. The number of benzene rings is 1. The number of hydrogen-bond donors (Lipinski definition) is 1. The fourth-order valence-electron chi connectivity index (χ4n) is 1.97. The summed E-state index contributed by atoms with van der Waals surface area (Å²) < 4.78 is 0. The maximum atomic E-state index is 6.08. The molecule has 0 saturated carbocycles. The molecule has 0 bridgehead atoms. The van der Waals surface area contributed by atoms with Gasteiger partial charge in [-0.2, -0.15) is 0 Å². The highest BCUT2D eigenvalue weighted by Gasteiger charge is 2.24. The summed E-state index contributed by atoms with van der Waals surface area (Å²) in [7, 11) is 0. The number of halogens is 1. The van der Waals surface area contributed by atoms with Gasteiger partial charge in [-0.25, -0.2) is 0 Å². The van der Waals surface area contributed by atoms with E-state index in [0.29, 0.717) is 0 Å². The van der Waals surface area contributed by atoms with Crippen molar-refractivity contribution in [3.63, 3.8) is 0 Å². The lowest BCUT2D eigenvalue weighted by molar-refractivity contribution is 0.288. The molecule has 0 aliphatic rings. The van der Waals surface area contributed by atoms with Gasteiger partial charge in [0.25, 0.3) is 0 Å². The van der Waals surface area contributed by atoms with E-state index in [1.165, 1.54) is 5.56 Å². The summed E-state index contributed by atoms with van der Waals surface area (Å²) in [6.07, 6.45) is 3.38. The fourth-order valence-corrected chi connectivity index (χ4v) is 2.44. The van der Waals surface area contributed by atoms with Crippen molar-refractivity contribution in [2.75, 3.05) is 19.0 Å². The number of nitrogens with one attached hydrogen (secondary N) is 1. The summed E-state index contributed by atoms with van der Waals surface area (Å²) in [6, 6.07) is 10.6. The van der Waals surface area contributed by atoms with Crippen LogP contribution in [0.25, 0.3) is 0 Å². The van der Waals surface area contributed by atoms with E-state index in [9.17, 15) is 0 Å². The van der Waals surface area contributed by atoms with Gasteiger partial charge in [-0.05, 0) is 36.8 Å². The molecule has 96 valence electrons. The van der Waals surface area contributed by atoms with Crippen LogP contribution in [0.4, 0.5) is 0 Å². The first kappa shape index (κ1) is 14.5. The van der Waals surface area contributed by atoms with Crippen LogP contribution in [-0.2, 0) is 6.42 Å². The van der Waals surface area contributed by atoms with Crippen LogP contribution in [0, 0.1) is 5.41 Å². The maximum absolute atomic E-state index is 6.08. The molecule has 0 amide bonds. The Kier molecular flexibility index (Phi) is 6.61. The summed E-state index contributed by atoms with van der Waals surface area (Å²) in [5.41, 5.74) is 1.67. The molecule has 0 atom stereocenters. The van der Waals surface area contributed by atoms with Gasteiger partial charge >= 0.3 is 0 Å². The molecule has 1 rings (SSSR count). The predicted octanol–water partition coefficient (Wildman–Crippen LogP) is 3.86. The molecule has 1 aromatic carbocycles. The van der Waals surface area contributed by atoms with E-state index >= 15 is 0 Å². The molecule has 0 heterocycles. The summed E-state index contributed by atoms with van der Waals surface area (Å²) >= 11 is 6.08. The van der Waals surface area contributed by atoms with Crippen molar-refractivity contribution in [3.05, 3.63) is 35.9 Å². The van der Waals surface area contributed by atoms with Gasteiger partial charge in [0.2, 0.25) is 0 Å². The van der Waals surface area contributed by atoms with Crippen molar-refractivity contribution >= 4 is 11.6 Å². The van der Waals surface area contributed by atoms with Gasteiger partial charge < -0.3 is 5.32 Å². The average molecular weight is 254 g/mol. The van der Waals surface area contributed by atoms with Crippen LogP contribution in [0.5, 0.6) is 0 Å². The Bertz CT molecular complexity index is 285. The van der Waals surface area contributed by atoms with E-state index < -0.39 is 0 Å². The SMILES string of the molecule is CCC(CC)(CCl)CNCCc1ccccc1. The molecule has 0 unspecified atom stereocenters. The fraction of sp³-hybridized carbons (Fsp3) is 0.600. The molecule has 0 saturated heterocycles. The van der Waals surface area contributed by atoms with Crippen LogP contribution < -0.4 is 5.32 Å². The van der Waals surface area contributed by atoms with E-state index in [2.05, 4.69) is 49.5 Å². The van der Waals surface area contributed by atoms with Crippen molar-refractivity contribution in [1.29, 1.82) is 0 Å². The third-order valence-corrected chi connectivity index (χ3v) is 4.28. The Balaban J connectivity index is 2.28. The Hall–Kier alpha value is -0.530. The van der Waals surface area contributed by atoms with Gasteiger partial charge in [0, 0.05) is 12.4 Å². The smallest absolute Gasteiger partial charge is 0.0291 e. The van der Waals surface area contributed by atoms with Crippen molar-refractivity contribution in [2.45, 2.75) is 33.1 Å². The van der Waals surface area contributed by atoms with E-state index in [0.717, 1.165) is 38.2 Å². The van der Waals surface area contributed by atoms with Crippen LogP contribution in [0.2, 0.25) is 0 Å². The largest absolute Gasteiger partial charge is 0.316 e. The Labute approximate surface area is 111 Å². The molecule has 2 heteroatoms. The minimum Gasteiger partial charge on any atom is -0.316 e. The summed E-state index contributed by atoms with van der Waals surface area (Å²) in [5.74, 6) is 0.748. The molecule has 0 radical (unpaired) electrons.